The van der Waals surface area contributed by atoms with Crippen molar-refractivity contribution in [3.8, 4) is 0 Å². The van der Waals surface area contributed by atoms with Gasteiger partial charge in [-0.1, -0.05) is 66.2 Å². The fourth-order valence-electron chi connectivity index (χ4n) is 3.75. The molecular weight excluding hydrogens is 422 g/mol. The van der Waals surface area contributed by atoms with Crippen molar-refractivity contribution < 1.29 is 9.59 Å². The molecule has 0 saturated carbocycles. The number of carbonyl (C=O) groups is 2. The summed E-state index contributed by atoms with van der Waals surface area (Å²) >= 11 is 0. The minimum Gasteiger partial charge on any atom is -0.352 e. The number of amides is 2. The highest BCUT2D eigenvalue weighted by atomic mass is 16.2. The van der Waals surface area contributed by atoms with Crippen LogP contribution < -0.4 is 10.2 Å². The lowest BCUT2D eigenvalue weighted by Gasteiger charge is -2.24. The highest BCUT2D eigenvalue weighted by Gasteiger charge is 2.18. The van der Waals surface area contributed by atoms with E-state index < -0.39 is 0 Å². The maximum atomic E-state index is 13.4. The molecule has 3 aromatic carbocycles. The van der Waals surface area contributed by atoms with E-state index in [9.17, 15) is 9.59 Å². The number of anilines is 1. The molecule has 4 rings (SSSR count). The lowest BCUT2D eigenvalue weighted by atomic mass is 10.1. The van der Waals surface area contributed by atoms with Crippen LogP contribution in [-0.4, -0.2) is 16.8 Å². The Hall–Kier alpha value is -4.25. The molecule has 0 aliphatic carbocycles. The molecule has 0 spiro atoms. The largest absolute Gasteiger partial charge is 0.352 e. The molecule has 0 saturated heterocycles. The molecule has 0 unspecified atom stereocenters. The fraction of sp³-hybridized carbons (Fsp3) is 0.138. The van der Waals surface area contributed by atoms with Crippen LogP contribution in [0.1, 0.15) is 32.6 Å². The molecule has 4 aromatic rings. The first-order chi connectivity index (χ1) is 16.6. The van der Waals surface area contributed by atoms with Crippen LogP contribution in [-0.2, 0) is 24.3 Å². The van der Waals surface area contributed by atoms with Gasteiger partial charge in [0.1, 0.15) is 0 Å². The average molecular weight is 450 g/mol. The predicted octanol–water partition coefficient (Wildman–Crippen LogP) is 5.10. The predicted molar refractivity (Wildman–Crippen MR) is 134 cm³/mol. The van der Waals surface area contributed by atoms with Crippen molar-refractivity contribution in [2.75, 3.05) is 4.90 Å². The first-order valence-corrected chi connectivity index (χ1v) is 11.3. The number of aromatic nitrogens is 1. The van der Waals surface area contributed by atoms with Crippen molar-refractivity contribution in [3.05, 3.63) is 131 Å². The third kappa shape index (κ3) is 6.17. The molecule has 0 atom stereocenters. The van der Waals surface area contributed by atoms with Gasteiger partial charge in [0.2, 0.25) is 5.91 Å². The minimum absolute atomic E-state index is 0.0615. The Morgan fingerprint density at radius 1 is 0.824 bits per heavy atom. The van der Waals surface area contributed by atoms with E-state index in [1.807, 2.05) is 91.9 Å². The van der Waals surface area contributed by atoms with E-state index in [2.05, 4.69) is 16.4 Å². The van der Waals surface area contributed by atoms with Crippen LogP contribution in [0.4, 0.5) is 5.69 Å². The number of nitrogens with one attached hydrogen (secondary N) is 1. The van der Waals surface area contributed by atoms with E-state index in [-0.39, 0.29) is 18.2 Å². The van der Waals surface area contributed by atoms with Crippen LogP contribution >= 0.6 is 0 Å². The quantitative estimate of drug-likeness (QED) is 0.407. The first-order valence-electron chi connectivity index (χ1n) is 11.3. The number of pyridine rings is 1. The zero-order chi connectivity index (χ0) is 23.8. The van der Waals surface area contributed by atoms with Crippen molar-refractivity contribution in [2.45, 2.75) is 26.4 Å². The van der Waals surface area contributed by atoms with E-state index in [4.69, 9.17) is 0 Å². The Morgan fingerprint density at radius 3 is 2.29 bits per heavy atom. The number of hydrogen-bond acceptors (Lipinski definition) is 3. The number of rotatable bonds is 8. The van der Waals surface area contributed by atoms with Crippen molar-refractivity contribution in [1.29, 1.82) is 0 Å². The molecule has 2 amide bonds. The zero-order valence-corrected chi connectivity index (χ0v) is 19.1. The third-order valence-electron chi connectivity index (χ3n) is 5.51. The van der Waals surface area contributed by atoms with Gasteiger partial charge in [-0.25, -0.2) is 0 Å². The lowest BCUT2D eigenvalue weighted by Crippen LogP contribution is -2.30. The summed E-state index contributed by atoms with van der Waals surface area (Å²) in [5, 5.41) is 2.92. The molecule has 5 heteroatoms. The normalized spacial score (nSPS) is 10.5. The van der Waals surface area contributed by atoms with Gasteiger partial charge in [-0.3, -0.25) is 14.6 Å². The van der Waals surface area contributed by atoms with Gasteiger partial charge >= 0.3 is 0 Å². The Morgan fingerprint density at radius 2 is 1.59 bits per heavy atom. The van der Waals surface area contributed by atoms with Crippen LogP contribution in [0.15, 0.2) is 103 Å². The molecule has 5 nitrogen and oxygen atoms in total. The van der Waals surface area contributed by atoms with Gasteiger partial charge in [0, 0.05) is 30.2 Å². The molecule has 170 valence electrons. The lowest BCUT2D eigenvalue weighted by molar-refractivity contribution is -0.120. The molecule has 0 aliphatic heterocycles. The number of benzene rings is 3. The SMILES string of the molecule is Cc1cccc(CN(C(=O)c2ccccc2)c2ccc(CC(=O)NCc3cccnc3)cc2)c1. The summed E-state index contributed by atoms with van der Waals surface area (Å²) in [6.07, 6.45) is 3.71. The molecule has 1 heterocycles. The number of nitrogens with zero attached hydrogens (tertiary/aromatic N) is 2. The molecular formula is C29H27N3O2. The van der Waals surface area contributed by atoms with Crippen molar-refractivity contribution in [2.24, 2.45) is 0 Å². The van der Waals surface area contributed by atoms with Gasteiger partial charge in [-0.15, -0.1) is 0 Å². The van der Waals surface area contributed by atoms with Crippen LogP contribution in [0.5, 0.6) is 0 Å². The number of carbonyl (C=O) groups excluding carboxylic acids is 2. The number of aryl methyl sites for hydroxylation is 1. The van der Waals surface area contributed by atoms with E-state index >= 15 is 0 Å². The fourth-order valence-corrected chi connectivity index (χ4v) is 3.75. The summed E-state index contributed by atoms with van der Waals surface area (Å²) in [5.74, 6) is -0.127. The standard InChI is InChI=1S/C29H27N3O2/c1-22-7-5-8-24(17-22)21-32(29(34)26-10-3-2-4-11-26)27-14-12-23(13-15-27)18-28(33)31-20-25-9-6-16-30-19-25/h2-17,19H,18,20-21H2,1H3,(H,31,33). The molecule has 34 heavy (non-hydrogen) atoms. The molecule has 1 N–H and O–H groups in total. The third-order valence-corrected chi connectivity index (χ3v) is 5.51. The van der Waals surface area contributed by atoms with Gasteiger partial charge in [0.15, 0.2) is 0 Å². The Balaban J connectivity index is 1.48. The summed E-state index contributed by atoms with van der Waals surface area (Å²) in [6, 6.07) is 28.8. The molecule has 0 radical (unpaired) electrons. The van der Waals surface area contributed by atoms with Crippen LogP contribution in [0, 0.1) is 6.92 Å². The van der Waals surface area contributed by atoms with Crippen molar-refractivity contribution >= 4 is 17.5 Å². The first kappa shape index (κ1) is 22.9. The maximum Gasteiger partial charge on any atom is 0.258 e. The van der Waals surface area contributed by atoms with Gasteiger partial charge < -0.3 is 10.2 Å². The van der Waals surface area contributed by atoms with E-state index in [1.54, 1.807) is 17.3 Å². The minimum atomic E-state index is -0.0657. The smallest absolute Gasteiger partial charge is 0.258 e. The summed E-state index contributed by atoms with van der Waals surface area (Å²) in [4.78, 5) is 31.6. The van der Waals surface area contributed by atoms with Gasteiger partial charge in [-0.05, 0) is 53.9 Å². The molecule has 0 aliphatic rings. The molecule has 1 aromatic heterocycles. The monoisotopic (exact) mass is 449 g/mol. The van der Waals surface area contributed by atoms with Crippen molar-refractivity contribution in [1.82, 2.24) is 10.3 Å². The second-order valence-electron chi connectivity index (χ2n) is 8.23. The second kappa shape index (κ2) is 11.1. The van der Waals surface area contributed by atoms with E-state index in [0.717, 1.165) is 27.9 Å². The van der Waals surface area contributed by atoms with Gasteiger partial charge in [0.25, 0.3) is 5.91 Å². The van der Waals surface area contributed by atoms with Crippen LogP contribution in [0.25, 0.3) is 0 Å². The topological polar surface area (TPSA) is 62.3 Å². The highest BCUT2D eigenvalue weighted by Crippen LogP contribution is 2.22. The zero-order valence-electron chi connectivity index (χ0n) is 19.1. The van der Waals surface area contributed by atoms with Crippen LogP contribution in [0.2, 0.25) is 0 Å². The second-order valence-corrected chi connectivity index (χ2v) is 8.23. The Labute approximate surface area is 200 Å². The van der Waals surface area contributed by atoms with E-state index in [1.165, 1.54) is 0 Å². The number of hydrogen-bond donors (Lipinski definition) is 1. The Kier molecular flexibility index (Phi) is 7.45. The molecule has 0 bridgehead atoms. The van der Waals surface area contributed by atoms with Crippen molar-refractivity contribution in [3.63, 3.8) is 0 Å². The van der Waals surface area contributed by atoms with E-state index in [0.29, 0.717) is 18.7 Å². The van der Waals surface area contributed by atoms with Crippen LogP contribution in [0.3, 0.4) is 0 Å². The summed E-state index contributed by atoms with van der Waals surface area (Å²) in [5.41, 5.74) is 5.47. The highest BCUT2D eigenvalue weighted by molar-refractivity contribution is 6.06. The maximum absolute atomic E-state index is 13.4. The Bertz CT molecular complexity index is 1240. The summed E-state index contributed by atoms with van der Waals surface area (Å²) in [6.45, 7) is 2.95. The molecule has 0 fully saturated rings. The van der Waals surface area contributed by atoms with Gasteiger partial charge in [0.05, 0.1) is 13.0 Å². The summed E-state index contributed by atoms with van der Waals surface area (Å²) in [7, 11) is 0. The van der Waals surface area contributed by atoms with Gasteiger partial charge in [-0.2, -0.15) is 0 Å². The summed E-state index contributed by atoms with van der Waals surface area (Å²) < 4.78 is 0. The average Bonchev–Trinajstić information content (AvgIpc) is 2.87.